The Morgan fingerprint density at radius 1 is 1.45 bits per heavy atom. The number of esters is 1. The first-order valence-corrected chi connectivity index (χ1v) is 8.08. The summed E-state index contributed by atoms with van der Waals surface area (Å²) in [7, 11) is 0. The van der Waals surface area contributed by atoms with E-state index >= 15 is 0 Å². The second-order valence-corrected chi connectivity index (χ2v) is 6.14. The van der Waals surface area contributed by atoms with Crippen LogP contribution >= 0.6 is 11.8 Å². The van der Waals surface area contributed by atoms with Gasteiger partial charge in [0.05, 0.1) is 6.61 Å². The van der Waals surface area contributed by atoms with Crippen LogP contribution in [0.15, 0.2) is 34.2 Å². The quantitative estimate of drug-likeness (QED) is 0.416. The highest BCUT2D eigenvalue weighted by atomic mass is 32.2. The van der Waals surface area contributed by atoms with Gasteiger partial charge in [0.15, 0.2) is 0 Å². The average Bonchev–Trinajstić information content (AvgIpc) is 3.24. The van der Waals surface area contributed by atoms with Crippen molar-refractivity contribution in [1.82, 2.24) is 0 Å². The molecule has 0 saturated heterocycles. The van der Waals surface area contributed by atoms with Gasteiger partial charge in [-0.25, -0.2) is 0 Å². The smallest absolute Gasteiger partial charge is 0.305 e. The number of carbonyl (C=O) groups is 1. The van der Waals surface area contributed by atoms with Crippen LogP contribution in [0.1, 0.15) is 38.2 Å². The Hall–Kier alpha value is -1.29. The van der Waals surface area contributed by atoms with Gasteiger partial charge in [0, 0.05) is 34.9 Å². The summed E-state index contributed by atoms with van der Waals surface area (Å²) in [6.45, 7) is 2.94. The zero-order chi connectivity index (χ0) is 14.2. The van der Waals surface area contributed by atoms with Crippen LogP contribution in [0.2, 0.25) is 0 Å². The molecule has 2 rings (SSSR count). The van der Waals surface area contributed by atoms with Crippen LogP contribution in [-0.2, 0) is 9.53 Å². The minimum Gasteiger partial charge on any atom is -0.466 e. The van der Waals surface area contributed by atoms with Gasteiger partial charge in [-0.3, -0.25) is 9.79 Å². The van der Waals surface area contributed by atoms with Crippen molar-refractivity contribution in [2.24, 2.45) is 4.99 Å². The van der Waals surface area contributed by atoms with Gasteiger partial charge in [-0.2, -0.15) is 0 Å². The summed E-state index contributed by atoms with van der Waals surface area (Å²) in [5, 5.41) is 0.799. The fourth-order valence-electron chi connectivity index (χ4n) is 1.77. The maximum atomic E-state index is 11.2. The van der Waals surface area contributed by atoms with Crippen LogP contribution in [0.4, 0.5) is 0 Å². The molecule has 1 aromatic rings. The standard InChI is InChI=1S/C16H21NO2S/c1-2-19-16(18)8-5-11-17-12-13-6-3-4-7-15(13)20-14-9-10-14/h3-4,6-7,12,14H,2,5,8-11H2,1H3. The summed E-state index contributed by atoms with van der Waals surface area (Å²) >= 11 is 1.95. The van der Waals surface area contributed by atoms with Crippen LogP contribution in [0.25, 0.3) is 0 Å². The molecule has 1 saturated carbocycles. The second kappa shape index (κ2) is 8.10. The predicted molar refractivity (Wildman–Crippen MR) is 83.6 cm³/mol. The van der Waals surface area contributed by atoms with Crippen molar-refractivity contribution in [2.75, 3.05) is 13.2 Å². The monoisotopic (exact) mass is 291 g/mol. The predicted octanol–water partition coefficient (Wildman–Crippen LogP) is 3.70. The number of rotatable bonds is 8. The number of thioether (sulfide) groups is 1. The summed E-state index contributed by atoms with van der Waals surface area (Å²) in [5.41, 5.74) is 1.18. The van der Waals surface area contributed by atoms with Gasteiger partial charge in [-0.1, -0.05) is 18.2 Å². The van der Waals surface area contributed by atoms with Gasteiger partial charge >= 0.3 is 5.97 Å². The van der Waals surface area contributed by atoms with E-state index < -0.39 is 0 Å². The molecule has 1 fully saturated rings. The Bertz CT molecular complexity index is 469. The lowest BCUT2D eigenvalue weighted by Gasteiger charge is -2.03. The van der Waals surface area contributed by atoms with Crippen molar-refractivity contribution in [3.63, 3.8) is 0 Å². The third-order valence-electron chi connectivity index (χ3n) is 2.94. The molecule has 1 aliphatic rings. The zero-order valence-corrected chi connectivity index (χ0v) is 12.7. The fourth-order valence-corrected chi connectivity index (χ4v) is 2.92. The topological polar surface area (TPSA) is 38.7 Å². The maximum absolute atomic E-state index is 11.2. The van der Waals surface area contributed by atoms with Crippen LogP contribution in [0.3, 0.4) is 0 Å². The van der Waals surface area contributed by atoms with E-state index in [0.717, 1.165) is 11.7 Å². The largest absolute Gasteiger partial charge is 0.466 e. The number of ether oxygens (including phenoxy) is 1. The van der Waals surface area contributed by atoms with Gasteiger partial charge in [0.25, 0.3) is 0 Å². The minimum atomic E-state index is -0.132. The molecule has 0 unspecified atom stereocenters. The van der Waals surface area contributed by atoms with Crippen molar-refractivity contribution in [3.8, 4) is 0 Å². The van der Waals surface area contributed by atoms with Crippen molar-refractivity contribution < 1.29 is 9.53 Å². The Labute approximate surface area is 124 Å². The third-order valence-corrected chi connectivity index (χ3v) is 4.37. The van der Waals surface area contributed by atoms with Crippen molar-refractivity contribution in [2.45, 2.75) is 42.8 Å². The summed E-state index contributed by atoms with van der Waals surface area (Å²) in [4.78, 5) is 16.9. The Balaban J connectivity index is 1.77. The van der Waals surface area contributed by atoms with E-state index in [1.54, 1.807) is 0 Å². The number of carbonyl (C=O) groups excluding carboxylic acids is 1. The average molecular weight is 291 g/mol. The molecule has 3 nitrogen and oxygen atoms in total. The Kier molecular flexibility index (Phi) is 6.12. The maximum Gasteiger partial charge on any atom is 0.305 e. The molecule has 4 heteroatoms. The van der Waals surface area contributed by atoms with Crippen molar-refractivity contribution in [1.29, 1.82) is 0 Å². The normalized spacial score (nSPS) is 14.7. The number of benzene rings is 1. The molecule has 0 heterocycles. The first kappa shape index (κ1) is 15.1. The van der Waals surface area contributed by atoms with Crippen molar-refractivity contribution >= 4 is 23.9 Å². The van der Waals surface area contributed by atoms with Gasteiger partial charge in [0.2, 0.25) is 0 Å². The molecular weight excluding hydrogens is 270 g/mol. The summed E-state index contributed by atoms with van der Waals surface area (Å²) in [5.74, 6) is -0.132. The van der Waals surface area contributed by atoms with Gasteiger partial charge in [0.1, 0.15) is 0 Å². The molecule has 0 radical (unpaired) electrons. The minimum absolute atomic E-state index is 0.132. The second-order valence-electron chi connectivity index (χ2n) is 4.80. The molecule has 1 aliphatic carbocycles. The number of hydrogen-bond acceptors (Lipinski definition) is 4. The first-order chi connectivity index (χ1) is 9.79. The first-order valence-electron chi connectivity index (χ1n) is 7.20. The molecule has 0 spiro atoms. The van der Waals surface area contributed by atoms with E-state index in [0.29, 0.717) is 19.6 Å². The SMILES string of the molecule is CCOC(=O)CCCN=Cc1ccccc1SC1CC1. The lowest BCUT2D eigenvalue weighted by Crippen LogP contribution is -2.04. The molecular formula is C16H21NO2S. The van der Waals surface area contributed by atoms with Crippen LogP contribution in [0, 0.1) is 0 Å². The molecule has 0 atom stereocenters. The zero-order valence-electron chi connectivity index (χ0n) is 11.9. The van der Waals surface area contributed by atoms with Crippen LogP contribution in [0.5, 0.6) is 0 Å². The summed E-state index contributed by atoms with van der Waals surface area (Å²) in [6.07, 6.45) is 5.78. The van der Waals surface area contributed by atoms with Gasteiger partial charge in [-0.15, -0.1) is 11.8 Å². The molecule has 0 N–H and O–H groups in total. The van der Waals surface area contributed by atoms with Gasteiger partial charge < -0.3 is 4.74 Å². The number of nitrogens with zero attached hydrogens (tertiary/aromatic N) is 1. The lowest BCUT2D eigenvalue weighted by atomic mass is 10.2. The Morgan fingerprint density at radius 3 is 3.00 bits per heavy atom. The molecule has 20 heavy (non-hydrogen) atoms. The fraction of sp³-hybridized carbons (Fsp3) is 0.500. The van der Waals surface area contributed by atoms with Crippen molar-refractivity contribution in [3.05, 3.63) is 29.8 Å². The van der Waals surface area contributed by atoms with Gasteiger partial charge in [-0.05, 0) is 32.3 Å². The molecule has 0 aromatic heterocycles. The van der Waals surface area contributed by atoms with E-state index in [4.69, 9.17) is 4.74 Å². The van der Waals surface area contributed by atoms with E-state index in [1.165, 1.54) is 23.3 Å². The summed E-state index contributed by atoms with van der Waals surface area (Å²) < 4.78 is 4.88. The molecule has 1 aromatic carbocycles. The molecule has 0 bridgehead atoms. The van der Waals surface area contributed by atoms with E-state index in [1.807, 2.05) is 31.0 Å². The molecule has 0 amide bonds. The number of aliphatic imine (C=N–C) groups is 1. The van der Waals surface area contributed by atoms with E-state index in [2.05, 4.69) is 23.2 Å². The lowest BCUT2D eigenvalue weighted by molar-refractivity contribution is -0.143. The van der Waals surface area contributed by atoms with Crippen LogP contribution < -0.4 is 0 Å². The number of hydrogen-bond donors (Lipinski definition) is 0. The highest BCUT2D eigenvalue weighted by Crippen LogP contribution is 2.40. The van der Waals surface area contributed by atoms with E-state index in [9.17, 15) is 4.79 Å². The highest BCUT2D eigenvalue weighted by Gasteiger charge is 2.23. The molecule has 108 valence electrons. The van der Waals surface area contributed by atoms with E-state index in [-0.39, 0.29) is 5.97 Å². The van der Waals surface area contributed by atoms with Crippen LogP contribution in [-0.4, -0.2) is 30.6 Å². The highest BCUT2D eigenvalue weighted by molar-refractivity contribution is 8.00. The summed E-state index contributed by atoms with van der Waals surface area (Å²) in [6, 6.07) is 8.36. The molecule has 0 aliphatic heterocycles. The Morgan fingerprint density at radius 2 is 2.25 bits per heavy atom. The third kappa shape index (κ3) is 5.37.